The highest BCUT2D eigenvalue weighted by atomic mass is 16.3. The summed E-state index contributed by atoms with van der Waals surface area (Å²) in [5.74, 6) is 0.127. The molecular weight excluding hydrogens is 592 g/mol. The molecule has 2 unspecified atom stereocenters. The van der Waals surface area contributed by atoms with Crippen LogP contribution in [0.2, 0.25) is 0 Å². The van der Waals surface area contributed by atoms with Crippen molar-refractivity contribution in [3.63, 3.8) is 0 Å². The van der Waals surface area contributed by atoms with Crippen LogP contribution >= 0.6 is 0 Å². The Labute approximate surface area is 290 Å². The van der Waals surface area contributed by atoms with E-state index in [-0.39, 0.29) is 11.6 Å². The normalized spacial score (nSPS) is 14.0. The minimum absolute atomic E-state index is 0.0635. The number of carbonyl (C=O) groups excluding carboxylic acids is 2. The van der Waals surface area contributed by atoms with Crippen LogP contribution in [0.5, 0.6) is 0 Å². The number of likely N-dealkylation sites (N-methyl/N-ethyl adjacent to an activating group) is 2. The summed E-state index contributed by atoms with van der Waals surface area (Å²) in [6.07, 6.45) is 1.68. The van der Waals surface area contributed by atoms with Gasteiger partial charge in [-0.1, -0.05) is 151 Å². The van der Waals surface area contributed by atoms with E-state index in [1.807, 2.05) is 151 Å². The summed E-state index contributed by atoms with van der Waals surface area (Å²) in [5, 5.41) is 11.2. The smallest absolute Gasteiger partial charge is 0.183 e. The van der Waals surface area contributed by atoms with Gasteiger partial charge in [-0.05, 0) is 76.1 Å². The zero-order valence-electron chi connectivity index (χ0n) is 31.0. The van der Waals surface area contributed by atoms with Crippen LogP contribution in [-0.4, -0.2) is 65.7 Å². The molecular formula is C43H58N2O3. The van der Waals surface area contributed by atoms with Crippen molar-refractivity contribution < 1.29 is 14.7 Å². The molecule has 0 fully saturated rings. The number of rotatable bonds is 14. The molecule has 2 atom stereocenters. The van der Waals surface area contributed by atoms with Crippen molar-refractivity contribution in [2.24, 2.45) is 0 Å². The number of nitrogens with zero attached hydrogens (tertiary/aromatic N) is 2. The second-order valence-corrected chi connectivity index (χ2v) is 12.2. The molecule has 0 radical (unpaired) electrons. The zero-order valence-corrected chi connectivity index (χ0v) is 31.0. The van der Waals surface area contributed by atoms with Crippen molar-refractivity contribution in [2.75, 3.05) is 28.2 Å². The standard InChI is InChI=1S/C39H46N2O3.2C2H6/c1-7-38(40(3)4,27-29-15-11-9-12-16-29)36(43)33-23-19-31(20-24-33)35(42)32-21-25-34(26-22-32)37(44)39(8-2,41(5)6)28-30-17-13-10-14-18-30;2*1-2/h9-26,35,42H,7-8,27-28H2,1-6H3;2*1-2H3. The SMILES string of the molecule is CC.CC.CCC(Cc1ccccc1)(C(=O)c1ccc(C(O)c2ccc(C(=O)C(CC)(Cc3ccccc3)N(C)C)cc2)cc1)N(C)C. The van der Waals surface area contributed by atoms with Crippen molar-refractivity contribution >= 4 is 11.6 Å². The predicted octanol–water partition coefficient (Wildman–Crippen LogP) is 9.09. The van der Waals surface area contributed by atoms with Crippen LogP contribution in [-0.2, 0) is 12.8 Å². The van der Waals surface area contributed by atoms with E-state index in [9.17, 15) is 14.7 Å². The molecule has 48 heavy (non-hydrogen) atoms. The lowest BCUT2D eigenvalue weighted by atomic mass is 9.79. The van der Waals surface area contributed by atoms with Gasteiger partial charge in [0, 0.05) is 11.1 Å². The van der Waals surface area contributed by atoms with E-state index in [0.29, 0.717) is 47.9 Å². The summed E-state index contributed by atoms with van der Waals surface area (Å²) >= 11 is 0. The largest absolute Gasteiger partial charge is 0.384 e. The number of aliphatic hydroxyl groups excluding tert-OH is 1. The maximum absolute atomic E-state index is 13.9. The molecule has 5 heteroatoms. The topological polar surface area (TPSA) is 60.9 Å². The molecule has 0 heterocycles. The molecule has 0 saturated carbocycles. The molecule has 0 bridgehead atoms. The number of carbonyl (C=O) groups is 2. The monoisotopic (exact) mass is 650 g/mol. The van der Waals surface area contributed by atoms with Gasteiger partial charge in [0.05, 0.1) is 11.1 Å². The third kappa shape index (κ3) is 9.16. The van der Waals surface area contributed by atoms with E-state index in [0.717, 1.165) is 11.1 Å². The van der Waals surface area contributed by atoms with Crippen LogP contribution in [0.3, 0.4) is 0 Å². The van der Waals surface area contributed by atoms with Gasteiger partial charge < -0.3 is 5.11 Å². The molecule has 4 rings (SSSR count). The first-order valence-electron chi connectivity index (χ1n) is 17.5. The van der Waals surface area contributed by atoms with Crippen molar-refractivity contribution in [3.05, 3.63) is 143 Å². The highest BCUT2D eigenvalue weighted by Gasteiger charge is 2.40. The zero-order chi connectivity index (χ0) is 35.9. The molecule has 0 aliphatic rings. The van der Waals surface area contributed by atoms with Gasteiger partial charge in [0.1, 0.15) is 6.10 Å². The minimum atomic E-state index is -0.883. The molecule has 5 nitrogen and oxygen atoms in total. The number of hydrogen-bond donors (Lipinski definition) is 1. The number of ketones is 2. The Morgan fingerprint density at radius 2 is 0.833 bits per heavy atom. The Bertz CT molecular complexity index is 1400. The van der Waals surface area contributed by atoms with Gasteiger partial charge in [0.25, 0.3) is 0 Å². The second-order valence-electron chi connectivity index (χ2n) is 12.2. The van der Waals surface area contributed by atoms with Crippen LogP contribution in [0, 0.1) is 0 Å². The summed E-state index contributed by atoms with van der Waals surface area (Å²) in [6, 6.07) is 34.8. The number of hydrogen-bond acceptors (Lipinski definition) is 5. The van der Waals surface area contributed by atoms with E-state index >= 15 is 0 Å². The van der Waals surface area contributed by atoms with Gasteiger partial charge in [0.2, 0.25) is 0 Å². The van der Waals surface area contributed by atoms with Gasteiger partial charge in [-0.3, -0.25) is 19.4 Å². The van der Waals surface area contributed by atoms with Crippen LogP contribution in [0.4, 0.5) is 0 Å². The molecule has 0 aromatic heterocycles. The van der Waals surface area contributed by atoms with Crippen LogP contribution in [0.1, 0.15) is 103 Å². The summed E-state index contributed by atoms with van der Waals surface area (Å²) in [5.41, 5.74) is 3.50. The van der Waals surface area contributed by atoms with E-state index in [1.165, 1.54) is 0 Å². The summed E-state index contributed by atoms with van der Waals surface area (Å²) < 4.78 is 0. The predicted molar refractivity (Wildman–Crippen MR) is 202 cm³/mol. The second kappa shape index (κ2) is 19.2. The maximum atomic E-state index is 13.9. The van der Waals surface area contributed by atoms with Crippen molar-refractivity contribution in [2.45, 2.75) is 84.4 Å². The number of aliphatic hydroxyl groups is 1. The molecule has 4 aromatic carbocycles. The Morgan fingerprint density at radius 1 is 0.542 bits per heavy atom. The first kappa shape index (κ1) is 40.3. The number of benzene rings is 4. The molecule has 0 aliphatic heterocycles. The molecule has 0 saturated heterocycles. The van der Waals surface area contributed by atoms with E-state index < -0.39 is 17.2 Å². The molecule has 4 aromatic rings. The lowest BCUT2D eigenvalue weighted by Gasteiger charge is -2.38. The van der Waals surface area contributed by atoms with E-state index in [1.54, 1.807) is 0 Å². The highest BCUT2D eigenvalue weighted by Crippen LogP contribution is 2.31. The summed E-state index contributed by atoms with van der Waals surface area (Å²) in [6.45, 7) is 12.1. The van der Waals surface area contributed by atoms with Gasteiger partial charge >= 0.3 is 0 Å². The van der Waals surface area contributed by atoms with Crippen molar-refractivity contribution in [1.82, 2.24) is 9.80 Å². The van der Waals surface area contributed by atoms with E-state index in [4.69, 9.17) is 0 Å². The lowest BCUT2D eigenvalue weighted by molar-refractivity contribution is 0.0661. The molecule has 0 amide bonds. The van der Waals surface area contributed by atoms with Crippen LogP contribution in [0.15, 0.2) is 109 Å². The van der Waals surface area contributed by atoms with Gasteiger partial charge in [0.15, 0.2) is 11.6 Å². The van der Waals surface area contributed by atoms with Gasteiger partial charge in [-0.15, -0.1) is 0 Å². The van der Waals surface area contributed by atoms with Crippen molar-refractivity contribution in [1.29, 1.82) is 0 Å². The molecule has 1 N–H and O–H groups in total. The van der Waals surface area contributed by atoms with Crippen LogP contribution in [0.25, 0.3) is 0 Å². The lowest BCUT2D eigenvalue weighted by Crippen LogP contribution is -2.52. The summed E-state index contributed by atoms with van der Waals surface area (Å²) in [4.78, 5) is 31.9. The van der Waals surface area contributed by atoms with Gasteiger partial charge in [-0.2, -0.15) is 0 Å². The number of Topliss-reactive ketones (excluding diaryl/α,β-unsaturated/α-hetero) is 2. The molecule has 0 spiro atoms. The Balaban J connectivity index is 0.00000193. The fraction of sp³-hybridized carbons (Fsp3) is 0.395. The minimum Gasteiger partial charge on any atom is -0.384 e. The highest BCUT2D eigenvalue weighted by molar-refractivity contribution is 6.04. The van der Waals surface area contributed by atoms with Crippen molar-refractivity contribution in [3.8, 4) is 0 Å². The first-order chi connectivity index (χ1) is 23.1. The molecule has 0 aliphatic carbocycles. The Kier molecular flexibility index (Phi) is 16.1. The van der Waals surface area contributed by atoms with E-state index in [2.05, 4.69) is 38.1 Å². The van der Waals surface area contributed by atoms with Gasteiger partial charge in [-0.25, -0.2) is 0 Å². The Hall–Kier alpha value is -3.90. The average molecular weight is 651 g/mol. The quantitative estimate of drug-likeness (QED) is 0.138. The fourth-order valence-corrected chi connectivity index (χ4v) is 6.32. The maximum Gasteiger partial charge on any atom is 0.183 e. The molecule has 258 valence electrons. The van der Waals surface area contributed by atoms with Crippen LogP contribution < -0.4 is 0 Å². The summed E-state index contributed by atoms with van der Waals surface area (Å²) in [7, 11) is 7.84. The Morgan fingerprint density at radius 3 is 1.08 bits per heavy atom. The average Bonchev–Trinajstić information content (AvgIpc) is 3.14. The third-order valence-corrected chi connectivity index (χ3v) is 9.38. The first-order valence-corrected chi connectivity index (χ1v) is 17.5. The fourth-order valence-electron chi connectivity index (χ4n) is 6.32. The third-order valence-electron chi connectivity index (χ3n) is 9.38.